The maximum Gasteiger partial charge on any atom is 0.267 e. The fourth-order valence-corrected chi connectivity index (χ4v) is 2.24. The lowest BCUT2D eigenvalue weighted by Gasteiger charge is -2.08. The van der Waals surface area contributed by atoms with Crippen LogP contribution in [-0.2, 0) is 6.54 Å². The van der Waals surface area contributed by atoms with E-state index in [1.54, 1.807) is 25.4 Å². The van der Waals surface area contributed by atoms with Crippen LogP contribution in [0.25, 0.3) is 11.3 Å². The molecule has 2 aromatic heterocycles. The number of hydrogen-bond acceptors (Lipinski definition) is 4. The number of methoxy groups -OCH3 is 1. The van der Waals surface area contributed by atoms with E-state index in [1.807, 2.05) is 37.3 Å². The summed E-state index contributed by atoms with van der Waals surface area (Å²) in [4.78, 5) is 16.2. The molecule has 0 aliphatic rings. The summed E-state index contributed by atoms with van der Waals surface area (Å²) in [6, 6.07) is 14.9. The minimum absolute atomic E-state index is 0.129. The summed E-state index contributed by atoms with van der Waals surface area (Å²) in [6.45, 7) is 2.47. The Kier molecular flexibility index (Phi) is 4.19. The molecule has 0 bridgehead atoms. The SMILES string of the molecule is COc1ccc(-c2ccc(=O)n(Cc3ccc(C)cc3)n2)cn1. The Morgan fingerprint density at radius 3 is 2.48 bits per heavy atom. The van der Waals surface area contributed by atoms with Crippen LogP contribution in [0.5, 0.6) is 5.88 Å². The van der Waals surface area contributed by atoms with Crippen LogP contribution < -0.4 is 10.3 Å². The standard InChI is InChI=1S/C18H17N3O2/c1-13-3-5-14(6-4-13)12-21-18(22)10-8-16(20-21)15-7-9-17(23-2)19-11-15/h3-11H,12H2,1-2H3. The van der Waals surface area contributed by atoms with E-state index in [1.165, 1.54) is 16.3 Å². The van der Waals surface area contributed by atoms with Crippen molar-refractivity contribution < 1.29 is 4.74 Å². The molecule has 2 heterocycles. The highest BCUT2D eigenvalue weighted by Crippen LogP contribution is 2.17. The van der Waals surface area contributed by atoms with Crippen LogP contribution in [0, 0.1) is 6.92 Å². The quantitative estimate of drug-likeness (QED) is 0.743. The molecule has 0 amide bonds. The Bertz CT molecular complexity index is 853. The molecule has 0 radical (unpaired) electrons. The van der Waals surface area contributed by atoms with Gasteiger partial charge in [-0.25, -0.2) is 9.67 Å². The largest absolute Gasteiger partial charge is 0.481 e. The molecule has 5 heteroatoms. The van der Waals surface area contributed by atoms with E-state index in [-0.39, 0.29) is 5.56 Å². The second-order valence-electron chi connectivity index (χ2n) is 5.29. The third kappa shape index (κ3) is 3.45. The van der Waals surface area contributed by atoms with Crippen molar-refractivity contribution in [3.63, 3.8) is 0 Å². The monoisotopic (exact) mass is 307 g/mol. The first-order chi connectivity index (χ1) is 11.2. The van der Waals surface area contributed by atoms with E-state index in [4.69, 9.17) is 4.74 Å². The predicted octanol–water partition coefficient (Wildman–Crippen LogP) is 2.67. The summed E-state index contributed by atoms with van der Waals surface area (Å²) in [6.07, 6.45) is 1.68. The highest BCUT2D eigenvalue weighted by Gasteiger charge is 2.05. The van der Waals surface area contributed by atoms with E-state index in [0.717, 1.165) is 11.1 Å². The Hall–Kier alpha value is -2.95. The van der Waals surface area contributed by atoms with Gasteiger partial charge in [-0.1, -0.05) is 29.8 Å². The highest BCUT2D eigenvalue weighted by atomic mass is 16.5. The first kappa shape index (κ1) is 15.0. The number of aromatic nitrogens is 3. The molecule has 3 rings (SSSR count). The van der Waals surface area contributed by atoms with Crippen molar-refractivity contribution in [3.05, 3.63) is 76.2 Å². The van der Waals surface area contributed by atoms with Crippen LogP contribution in [0.15, 0.2) is 59.5 Å². The van der Waals surface area contributed by atoms with Crippen molar-refractivity contribution in [1.29, 1.82) is 0 Å². The molecule has 0 fully saturated rings. The van der Waals surface area contributed by atoms with Crippen LogP contribution in [0.2, 0.25) is 0 Å². The molecule has 0 aliphatic heterocycles. The Balaban J connectivity index is 1.91. The predicted molar refractivity (Wildman–Crippen MR) is 88.6 cm³/mol. The molecule has 3 aromatic rings. The van der Waals surface area contributed by atoms with Crippen LogP contribution in [0.1, 0.15) is 11.1 Å². The average Bonchev–Trinajstić information content (AvgIpc) is 2.59. The van der Waals surface area contributed by atoms with E-state index in [0.29, 0.717) is 18.1 Å². The molecule has 0 atom stereocenters. The first-order valence-electron chi connectivity index (χ1n) is 7.30. The number of nitrogens with zero attached hydrogens (tertiary/aromatic N) is 3. The topological polar surface area (TPSA) is 57.0 Å². The van der Waals surface area contributed by atoms with Crippen molar-refractivity contribution in [3.8, 4) is 17.1 Å². The molecule has 5 nitrogen and oxygen atoms in total. The molecule has 0 spiro atoms. The van der Waals surface area contributed by atoms with Gasteiger partial charge in [-0.15, -0.1) is 0 Å². The molecular formula is C18H17N3O2. The van der Waals surface area contributed by atoms with Gasteiger partial charge in [0.1, 0.15) is 0 Å². The van der Waals surface area contributed by atoms with E-state index in [2.05, 4.69) is 10.1 Å². The molecule has 0 aliphatic carbocycles. The molecule has 0 saturated heterocycles. The van der Waals surface area contributed by atoms with Crippen molar-refractivity contribution in [2.45, 2.75) is 13.5 Å². The number of rotatable bonds is 4. The van der Waals surface area contributed by atoms with E-state index in [9.17, 15) is 4.79 Å². The smallest absolute Gasteiger partial charge is 0.267 e. The third-order valence-electron chi connectivity index (χ3n) is 3.56. The Morgan fingerprint density at radius 2 is 1.83 bits per heavy atom. The van der Waals surface area contributed by atoms with Gasteiger partial charge in [-0.3, -0.25) is 4.79 Å². The zero-order chi connectivity index (χ0) is 16.2. The number of hydrogen-bond donors (Lipinski definition) is 0. The summed E-state index contributed by atoms with van der Waals surface area (Å²) >= 11 is 0. The molecule has 23 heavy (non-hydrogen) atoms. The second-order valence-corrected chi connectivity index (χ2v) is 5.29. The number of benzene rings is 1. The zero-order valence-electron chi connectivity index (χ0n) is 13.1. The summed E-state index contributed by atoms with van der Waals surface area (Å²) < 4.78 is 6.51. The lowest BCUT2D eigenvalue weighted by Crippen LogP contribution is -2.22. The van der Waals surface area contributed by atoms with E-state index >= 15 is 0 Å². The van der Waals surface area contributed by atoms with Crippen molar-refractivity contribution >= 4 is 0 Å². The number of pyridine rings is 1. The maximum absolute atomic E-state index is 12.0. The fourth-order valence-electron chi connectivity index (χ4n) is 2.24. The zero-order valence-corrected chi connectivity index (χ0v) is 13.1. The van der Waals surface area contributed by atoms with Crippen LogP contribution >= 0.6 is 0 Å². The number of aryl methyl sites for hydroxylation is 1. The maximum atomic E-state index is 12.0. The van der Waals surface area contributed by atoms with Gasteiger partial charge in [0.05, 0.1) is 19.3 Å². The minimum atomic E-state index is -0.129. The molecule has 0 saturated carbocycles. The van der Waals surface area contributed by atoms with Crippen LogP contribution in [0.3, 0.4) is 0 Å². The Morgan fingerprint density at radius 1 is 1.04 bits per heavy atom. The van der Waals surface area contributed by atoms with Crippen LogP contribution in [-0.4, -0.2) is 21.9 Å². The van der Waals surface area contributed by atoms with Gasteiger partial charge in [-0.05, 0) is 24.6 Å². The Labute approximate surface area is 134 Å². The van der Waals surface area contributed by atoms with Crippen LogP contribution in [0.4, 0.5) is 0 Å². The summed E-state index contributed by atoms with van der Waals surface area (Å²) in [5.74, 6) is 0.543. The molecular weight excluding hydrogens is 290 g/mol. The summed E-state index contributed by atoms with van der Waals surface area (Å²) in [5.41, 5.74) is 3.63. The summed E-state index contributed by atoms with van der Waals surface area (Å²) in [7, 11) is 1.57. The van der Waals surface area contributed by atoms with Gasteiger partial charge in [-0.2, -0.15) is 5.10 Å². The molecule has 116 valence electrons. The molecule has 0 N–H and O–H groups in total. The molecule has 0 unspecified atom stereocenters. The normalized spacial score (nSPS) is 10.5. The summed E-state index contributed by atoms with van der Waals surface area (Å²) in [5, 5.41) is 4.44. The fraction of sp³-hybridized carbons (Fsp3) is 0.167. The van der Waals surface area contributed by atoms with Crippen molar-refractivity contribution in [2.75, 3.05) is 7.11 Å². The van der Waals surface area contributed by atoms with E-state index < -0.39 is 0 Å². The van der Waals surface area contributed by atoms with Gasteiger partial charge in [0.15, 0.2) is 0 Å². The lowest BCUT2D eigenvalue weighted by molar-refractivity contribution is 0.398. The minimum Gasteiger partial charge on any atom is -0.481 e. The van der Waals surface area contributed by atoms with Gasteiger partial charge in [0.2, 0.25) is 5.88 Å². The van der Waals surface area contributed by atoms with Gasteiger partial charge in [0.25, 0.3) is 5.56 Å². The third-order valence-corrected chi connectivity index (χ3v) is 3.56. The molecule has 1 aromatic carbocycles. The average molecular weight is 307 g/mol. The lowest BCUT2D eigenvalue weighted by atomic mass is 10.1. The van der Waals surface area contributed by atoms with Crippen molar-refractivity contribution in [1.82, 2.24) is 14.8 Å². The first-order valence-corrected chi connectivity index (χ1v) is 7.30. The van der Waals surface area contributed by atoms with Gasteiger partial charge >= 0.3 is 0 Å². The van der Waals surface area contributed by atoms with Crippen molar-refractivity contribution in [2.24, 2.45) is 0 Å². The van der Waals surface area contributed by atoms with Gasteiger partial charge in [0, 0.05) is 23.9 Å². The second kappa shape index (κ2) is 6.44. The highest BCUT2D eigenvalue weighted by molar-refractivity contribution is 5.57. The van der Waals surface area contributed by atoms with Gasteiger partial charge < -0.3 is 4.74 Å². The number of ether oxygens (including phenoxy) is 1.